The van der Waals surface area contributed by atoms with Gasteiger partial charge in [-0.15, -0.1) is 0 Å². The number of halogens is 2. The van der Waals surface area contributed by atoms with Gasteiger partial charge in [0.2, 0.25) is 0 Å². The van der Waals surface area contributed by atoms with Gasteiger partial charge in [0.1, 0.15) is 0 Å². The monoisotopic (exact) mass is 217 g/mol. The SMILES string of the molecule is CC(O)C(C)(C)NS(=O)(=O)C(F)F. The molecule has 13 heavy (non-hydrogen) atoms. The van der Waals surface area contributed by atoms with Crippen LogP contribution in [0.2, 0.25) is 0 Å². The first kappa shape index (κ1) is 12.7. The van der Waals surface area contributed by atoms with Gasteiger partial charge in [-0.05, 0) is 20.8 Å². The standard InChI is InChI=1S/C6H13F2NO3S/c1-4(10)6(2,3)9-13(11,12)5(7)8/h4-5,9-10H,1-3H3. The molecule has 80 valence electrons. The van der Waals surface area contributed by atoms with Crippen molar-refractivity contribution in [3.8, 4) is 0 Å². The molecule has 0 saturated heterocycles. The first-order valence-corrected chi connectivity index (χ1v) is 5.13. The molecular weight excluding hydrogens is 204 g/mol. The summed E-state index contributed by atoms with van der Waals surface area (Å²) in [4.78, 5) is 0. The first-order chi connectivity index (χ1) is 5.59. The average Bonchev–Trinajstić information content (AvgIpc) is 1.83. The highest BCUT2D eigenvalue weighted by atomic mass is 32.2. The molecule has 7 heteroatoms. The molecular formula is C6H13F2NO3S. The number of sulfonamides is 1. The molecule has 0 aromatic carbocycles. The fraction of sp³-hybridized carbons (Fsp3) is 1.00. The van der Waals surface area contributed by atoms with Crippen LogP contribution in [0.25, 0.3) is 0 Å². The molecule has 4 nitrogen and oxygen atoms in total. The number of alkyl halides is 2. The van der Waals surface area contributed by atoms with Crippen LogP contribution in [0.4, 0.5) is 8.78 Å². The zero-order valence-electron chi connectivity index (χ0n) is 7.58. The van der Waals surface area contributed by atoms with Gasteiger partial charge < -0.3 is 5.11 Å². The lowest BCUT2D eigenvalue weighted by molar-refractivity contribution is 0.109. The molecule has 0 amide bonds. The van der Waals surface area contributed by atoms with Crippen LogP contribution in [-0.2, 0) is 10.0 Å². The van der Waals surface area contributed by atoms with Crippen molar-refractivity contribution in [2.24, 2.45) is 0 Å². The Labute approximate surface area is 76.0 Å². The molecule has 1 unspecified atom stereocenters. The molecule has 0 rings (SSSR count). The van der Waals surface area contributed by atoms with Gasteiger partial charge >= 0.3 is 5.76 Å². The van der Waals surface area contributed by atoms with E-state index in [-0.39, 0.29) is 0 Å². The van der Waals surface area contributed by atoms with Crippen LogP contribution >= 0.6 is 0 Å². The number of hydrogen-bond donors (Lipinski definition) is 2. The average molecular weight is 217 g/mol. The molecule has 0 bridgehead atoms. The Morgan fingerprint density at radius 1 is 1.38 bits per heavy atom. The lowest BCUT2D eigenvalue weighted by Crippen LogP contribution is -2.52. The van der Waals surface area contributed by atoms with E-state index in [1.54, 1.807) is 4.72 Å². The topological polar surface area (TPSA) is 66.4 Å². The van der Waals surface area contributed by atoms with Crippen LogP contribution in [0.15, 0.2) is 0 Å². The summed E-state index contributed by atoms with van der Waals surface area (Å²) in [6.45, 7) is 3.95. The molecule has 0 aromatic heterocycles. The van der Waals surface area contributed by atoms with Gasteiger partial charge in [0.25, 0.3) is 10.0 Å². The smallest absolute Gasteiger partial charge is 0.350 e. The molecule has 0 aliphatic heterocycles. The van der Waals surface area contributed by atoms with E-state index in [2.05, 4.69) is 0 Å². The van der Waals surface area contributed by atoms with Gasteiger partial charge in [-0.25, -0.2) is 13.1 Å². The van der Waals surface area contributed by atoms with E-state index in [4.69, 9.17) is 5.11 Å². The van der Waals surface area contributed by atoms with E-state index in [1.807, 2.05) is 0 Å². The normalized spacial score (nSPS) is 16.2. The van der Waals surface area contributed by atoms with Crippen LogP contribution in [0.3, 0.4) is 0 Å². The molecule has 0 spiro atoms. The van der Waals surface area contributed by atoms with Gasteiger partial charge in [-0.2, -0.15) is 8.78 Å². The Hall–Kier alpha value is -0.270. The molecule has 0 fully saturated rings. The number of rotatable bonds is 4. The van der Waals surface area contributed by atoms with Crippen LogP contribution in [0.5, 0.6) is 0 Å². The van der Waals surface area contributed by atoms with Crippen molar-refractivity contribution < 1.29 is 22.3 Å². The second kappa shape index (κ2) is 3.85. The summed E-state index contributed by atoms with van der Waals surface area (Å²) in [5.74, 6) is -3.48. The molecule has 1 atom stereocenters. The Balaban J connectivity index is 4.63. The first-order valence-electron chi connectivity index (χ1n) is 3.58. The summed E-state index contributed by atoms with van der Waals surface area (Å²) in [6.07, 6.45) is -1.05. The zero-order valence-corrected chi connectivity index (χ0v) is 8.40. The maximum absolute atomic E-state index is 11.9. The molecule has 0 aromatic rings. The highest BCUT2D eigenvalue weighted by Gasteiger charge is 2.34. The number of aliphatic hydroxyl groups is 1. The Morgan fingerprint density at radius 3 is 2.00 bits per heavy atom. The molecule has 0 heterocycles. The van der Waals surface area contributed by atoms with Crippen molar-refractivity contribution >= 4 is 10.0 Å². The Kier molecular flexibility index (Phi) is 3.77. The third kappa shape index (κ3) is 3.53. The number of hydrogen-bond acceptors (Lipinski definition) is 3. The molecule has 0 aliphatic rings. The van der Waals surface area contributed by atoms with Gasteiger partial charge in [0, 0.05) is 0 Å². The molecule has 0 radical (unpaired) electrons. The van der Waals surface area contributed by atoms with Crippen molar-refractivity contribution in [3.05, 3.63) is 0 Å². The minimum atomic E-state index is -4.64. The summed E-state index contributed by atoms with van der Waals surface area (Å²) >= 11 is 0. The Bertz CT molecular complexity index is 261. The van der Waals surface area contributed by atoms with E-state index >= 15 is 0 Å². The molecule has 0 aliphatic carbocycles. The minimum absolute atomic E-state index is 1.05. The highest BCUT2D eigenvalue weighted by Crippen LogP contribution is 2.13. The van der Waals surface area contributed by atoms with E-state index in [0.29, 0.717) is 0 Å². The fourth-order valence-corrected chi connectivity index (χ4v) is 1.49. The quantitative estimate of drug-likeness (QED) is 0.711. The summed E-state index contributed by atoms with van der Waals surface area (Å²) in [7, 11) is -4.64. The van der Waals surface area contributed by atoms with Gasteiger partial charge in [-0.3, -0.25) is 0 Å². The number of nitrogens with one attached hydrogen (secondary N) is 1. The molecule has 2 N–H and O–H groups in total. The summed E-state index contributed by atoms with van der Waals surface area (Å²) in [5, 5.41) is 9.05. The minimum Gasteiger partial charge on any atom is -0.391 e. The lowest BCUT2D eigenvalue weighted by atomic mass is 10.0. The van der Waals surface area contributed by atoms with E-state index in [0.717, 1.165) is 0 Å². The lowest BCUT2D eigenvalue weighted by Gasteiger charge is -2.28. The summed E-state index contributed by atoms with van der Waals surface area (Å²) in [5.41, 5.74) is -1.30. The van der Waals surface area contributed by atoms with Crippen LogP contribution in [-0.4, -0.2) is 30.9 Å². The fourth-order valence-electron chi connectivity index (χ4n) is 0.496. The largest absolute Gasteiger partial charge is 0.391 e. The van der Waals surface area contributed by atoms with Gasteiger partial charge in [-0.1, -0.05) is 0 Å². The third-order valence-corrected chi connectivity index (χ3v) is 2.96. The highest BCUT2D eigenvalue weighted by molar-refractivity contribution is 7.89. The van der Waals surface area contributed by atoms with E-state index in [1.165, 1.54) is 20.8 Å². The van der Waals surface area contributed by atoms with Crippen molar-refractivity contribution in [2.45, 2.75) is 38.2 Å². The van der Waals surface area contributed by atoms with Crippen molar-refractivity contribution in [1.29, 1.82) is 0 Å². The zero-order chi connectivity index (χ0) is 10.9. The predicted molar refractivity (Wildman–Crippen MR) is 43.8 cm³/mol. The van der Waals surface area contributed by atoms with Crippen LogP contribution in [0.1, 0.15) is 20.8 Å². The second-order valence-electron chi connectivity index (χ2n) is 3.31. The van der Waals surface area contributed by atoms with Crippen molar-refractivity contribution in [3.63, 3.8) is 0 Å². The van der Waals surface area contributed by atoms with E-state index in [9.17, 15) is 17.2 Å². The maximum atomic E-state index is 11.9. The number of aliphatic hydroxyl groups excluding tert-OH is 1. The maximum Gasteiger partial charge on any atom is 0.350 e. The van der Waals surface area contributed by atoms with Gasteiger partial charge in [0.15, 0.2) is 0 Å². The summed E-state index contributed by atoms with van der Waals surface area (Å²) in [6, 6.07) is 0. The molecule has 0 saturated carbocycles. The van der Waals surface area contributed by atoms with Crippen LogP contribution < -0.4 is 4.72 Å². The van der Waals surface area contributed by atoms with Gasteiger partial charge in [0.05, 0.1) is 11.6 Å². The van der Waals surface area contributed by atoms with Crippen molar-refractivity contribution in [2.75, 3.05) is 0 Å². The van der Waals surface area contributed by atoms with Crippen LogP contribution in [0, 0.1) is 0 Å². The van der Waals surface area contributed by atoms with E-state index < -0.39 is 27.4 Å². The predicted octanol–water partition coefficient (Wildman–Crippen LogP) is 0.288. The second-order valence-corrected chi connectivity index (χ2v) is 4.96. The third-order valence-electron chi connectivity index (χ3n) is 1.68. The summed E-state index contributed by atoms with van der Waals surface area (Å²) < 4.78 is 46.8. The van der Waals surface area contributed by atoms with Crippen molar-refractivity contribution in [1.82, 2.24) is 4.72 Å². The Morgan fingerprint density at radius 2 is 1.77 bits per heavy atom.